The van der Waals surface area contributed by atoms with Crippen LogP contribution in [0.4, 0.5) is 0 Å². The largest absolute Gasteiger partial charge is 0.497 e. The van der Waals surface area contributed by atoms with Gasteiger partial charge in [-0.2, -0.15) is 0 Å². The molecule has 5 heteroatoms. The van der Waals surface area contributed by atoms with E-state index in [4.69, 9.17) is 4.74 Å². The molecule has 2 unspecified atom stereocenters. The molecule has 0 fully saturated rings. The van der Waals surface area contributed by atoms with Crippen LogP contribution < -0.4 is 4.74 Å². The summed E-state index contributed by atoms with van der Waals surface area (Å²) in [5.41, 5.74) is 0.736. The Hall–Kier alpha value is -0.910. The first-order valence-electron chi connectivity index (χ1n) is 5.19. The molecule has 1 aromatic rings. The van der Waals surface area contributed by atoms with Crippen LogP contribution in [0.3, 0.4) is 0 Å². The topological polar surface area (TPSA) is 66.8 Å². The SMILES string of the molecule is COc1ccc(C=O)c(C(O)C(O)CCBr)c1. The lowest BCUT2D eigenvalue weighted by atomic mass is 9.98. The molecule has 0 amide bonds. The summed E-state index contributed by atoms with van der Waals surface area (Å²) in [4.78, 5) is 10.9. The summed E-state index contributed by atoms with van der Waals surface area (Å²) in [6.45, 7) is 0. The van der Waals surface area contributed by atoms with Gasteiger partial charge in [0.05, 0.1) is 13.2 Å². The Balaban J connectivity index is 3.04. The van der Waals surface area contributed by atoms with Crippen molar-refractivity contribution in [1.82, 2.24) is 0 Å². The van der Waals surface area contributed by atoms with Crippen molar-refractivity contribution in [2.24, 2.45) is 0 Å². The zero-order chi connectivity index (χ0) is 12.8. The molecule has 0 saturated carbocycles. The van der Waals surface area contributed by atoms with Gasteiger partial charge in [0.2, 0.25) is 0 Å². The van der Waals surface area contributed by atoms with Gasteiger partial charge in [0, 0.05) is 10.9 Å². The Bertz CT molecular complexity index is 381. The summed E-state index contributed by atoms with van der Waals surface area (Å²) in [7, 11) is 1.50. The van der Waals surface area contributed by atoms with E-state index in [-0.39, 0.29) is 0 Å². The maximum Gasteiger partial charge on any atom is 0.150 e. The first-order chi connectivity index (χ1) is 8.13. The van der Waals surface area contributed by atoms with Crippen LogP contribution >= 0.6 is 15.9 Å². The van der Waals surface area contributed by atoms with Gasteiger partial charge in [-0.15, -0.1) is 0 Å². The molecule has 1 aromatic carbocycles. The van der Waals surface area contributed by atoms with Crippen molar-refractivity contribution in [3.8, 4) is 5.75 Å². The van der Waals surface area contributed by atoms with Crippen molar-refractivity contribution in [3.05, 3.63) is 29.3 Å². The van der Waals surface area contributed by atoms with Crippen LogP contribution in [0.15, 0.2) is 18.2 Å². The Morgan fingerprint density at radius 3 is 2.71 bits per heavy atom. The fourth-order valence-corrected chi connectivity index (χ4v) is 1.99. The minimum atomic E-state index is -1.09. The lowest BCUT2D eigenvalue weighted by Gasteiger charge is -2.19. The number of ether oxygens (including phenoxy) is 1. The van der Waals surface area contributed by atoms with Crippen LogP contribution in [0.25, 0.3) is 0 Å². The van der Waals surface area contributed by atoms with E-state index in [0.29, 0.717) is 34.9 Å². The van der Waals surface area contributed by atoms with Gasteiger partial charge < -0.3 is 14.9 Å². The molecule has 0 aliphatic carbocycles. The summed E-state index contributed by atoms with van der Waals surface area (Å²) in [5, 5.41) is 20.3. The highest BCUT2D eigenvalue weighted by Crippen LogP contribution is 2.26. The lowest BCUT2D eigenvalue weighted by Crippen LogP contribution is -2.20. The molecular formula is C12H15BrO4. The molecule has 4 nitrogen and oxygen atoms in total. The van der Waals surface area contributed by atoms with E-state index >= 15 is 0 Å². The number of hydrogen-bond donors (Lipinski definition) is 2. The third kappa shape index (κ3) is 3.52. The maximum atomic E-state index is 10.9. The van der Waals surface area contributed by atoms with Crippen molar-refractivity contribution in [3.63, 3.8) is 0 Å². The maximum absolute atomic E-state index is 10.9. The third-order valence-electron chi connectivity index (χ3n) is 2.51. The molecule has 2 N–H and O–H groups in total. The van der Waals surface area contributed by atoms with E-state index in [9.17, 15) is 15.0 Å². The highest BCUT2D eigenvalue weighted by Gasteiger charge is 2.21. The average molecular weight is 303 g/mol. The van der Waals surface area contributed by atoms with Gasteiger partial charge in [-0.25, -0.2) is 0 Å². The molecule has 0 aliphatic heterocycles. The summed E-state index contributed by atoms with van der Waals surface area (Å²) in [5.74, 6) is 0.538. The van der Waals surface area contributed by atoms with Gasteiger partial charge in [-0.3, -0.25) is 4.79 Å². The van der Waals surface area contributed by atoms with Crippen LogP contribution in [0.1, 0.15) is 28.4 Å². The molecule has 0 bridgehead atoms. The number of aliphatic hydroxyl groups is 2. The minimum Gasteiger partial charge on any atom is -0.497 e. The molecule has 0 heterocycles. The molecular weight excluding hydrogens is 288 g/mol. The Morgan fingerprint density at radius 2 is 2.18 bits per heavy atom. The molecule has 0 aliphatic rings. The second-order valence-corrected chi connectivity index (χ2v) is 4.40. The minimum absolute atomic E-state index is 0.354. The third-order valence-corrected chi connectivity index (χ3v) is 2.97. The lowest BCUT2D eigenvalue weighted by molar-refractivity contribution is 0.0169. The smallest absolute Gasteiger partial charge is 0.150 e. The number of benzene rings is 1. The predicted octanol–water partition coefficient (Wildman–Crippen LogP) is 1.69. The van der Waals surface area contributed by atoms with E-state index in [1.54, 1.807) is 18.2 Å². The summed E-state index contributed by atoms with van der Waals surface area (Å²) in [6.07, 6.45) is -0.960. The standard InChI is InChI=1S/C12H15BrO4/c1-17-9-3-2-8(7-14)10(6-9)12(16)11(15)4-5-13/h2-3,6-7,11-12,15-16H,4-5H2,1H3. The van der Waals surface area contributed by atoms with Gasteiger partial charge in [-0.05, 0) is 30.2 Å². The molecule has 0 saturated heterocycles. The van der Waals surface area contributed by atoms with Crippen molar-refractivity contribution < 1.29 is 19.7 Å². The van der Waals surface area contributed by atoms with Crippen molar-refractivity contribution in [1.29, 1.82) is 0 Å². The van der Waals surface area contributed by atoms with E-state index < -0.39 is 12.2 Å². The molecule has 0 spiro atoms. The van der Waals surface area contributed by atoms with Crippen LogP contribution in [-0.4, -0.2) is 35.0 Å². The van der Waals surface area contributed by atoms with Gasteiger partial charge in [0.1, 0.15) is 18.1 Å². The predicted molar refractivity (Wildman–Crippen MR) is 67.8 cm³/mol. The molecule has 2 atom stereocenters. The van der Waals surface area contributed by atoms with Crippen molar-refractivity contribution in [2.45, 2.75) is 18.6 Å². The first-order valence-corrected chi connectivity index (χ1v) is 6.31. The number of halogens is 1. The Morgan fingerprint density at radius 1 is 1.47 bits per heavy atom. The van der Waals surface area contributed by atoms with Crippen LogP contribution in [-0.2, 0) is 0 Å². The van der Waals surface area contributed by atoms with Crippen LogP contribution in [0, 0.1) is 0 Å². The Labute approximate surface area is 108 Å². The average Bonchev–Trinajstić information content (AvgIpc) is 2.37. The van der Waals surface area contributed by atoms with Crippen molar-refractivity contribution >= 4 is 22.2 Å². The molecule has 1 rings (SSSR count). The molecule has 94 valence electrons. The number of methoxy groups -OCH3 is 1. The zero-order valence-corrected chi connectivity index (χ0v) is 11.1. The fourth-order valence-electron chi connectivity index (χ4n) is 1.52. The number of hydrogen-bond acceptors (Lipinski definition) is 4. The number of carbonyl (C=O) groups is 1. The van der Waals surface area contributed by atoms with Crippen LogP contribution in [0.2, 0.25) is 0 Å². The second-order valence-electron chi connectivity index (χ2n) is 3.60. The van der Waals surface area contributed by atoms with E-state index in [2.05, 4.69) is 15.9 Å². The quantitative estimate of drug-likeness (QED) is 0.620. The van der Waals surface area contributed by atoms with Crippen molar-refractivity contribution in [2.75, 3.05) is 12.4 Å². The summed E-state index contributed by atoms with van der Waals surface area (Å²) < 4.78 is 5.03. The fraction of sp³-hybridized carbons (Fsp3) is 0.417. The van der Waals surface area contributed by atoms with E-state index in [1.165, 1.54) is 7.11 Å². The summed E-state index contributed by atoms with van der Waals surface area (Å²) in [6, 6.07) is 4.76. The van der Waals surface area contributed by atoms with Gasteiger partial charge in [0.15, 0.2) is 0 Å². The van der Waals surface area contributed by atoms with Crippen LogP contribution in [0.5, 0.6) is 5.75 Å². The zero-order valence-electron chi connectivity index (χ0n) is 9.47. The number of carbonyl (C=O) groups excluding carboxylic acids is 1. The van der Waals surface area contributed by atoms with Gasteiger partial charge in [-0.1, -0.05) is 15.9 Å². The van der Waals surface area contributed by atoms with E-state index in [1.807, 2.05) is 0 Å². The monoisotopic (exact) mass is 302 g/mol. The Kier molecular flexibility index (Phi) is 5.61. The van der Waals surface area contributed by atoms with Gasteiger partial charge >= 0.3 is 0 Å². The highest BCUT2D eigenvalue weighted by molar-refractivity contribution is 9.09. The molecule has 0 aromatic heterocycles. The summed E-state index contributed by atoms with van der Waals surface area (Å²) >= 11 is 3.19. The first kappa shape index (κ1) is 14.2. The molecule has 0 radical (unpaired) electrons. The normalized spacial score (nSPS) is 14.1. The number of alkyl halides is 1. The highest BCUT2D eigenvalue weighted by atomic mass is 79.9. The van der Waals surface area contributed by atoms with E-state index in [0.717, 1.165) is 0 Å². The van der Waals surface area contributed by atoms with Gasteiger partial charge in [0.25, 0.3) is 0 Å². The second kappa shape index (κ2) is 6.74. The number of aliphatic hydroxyl groups excluding tert-OH is 2. The number of rotatable bonds is 6. The number of aldehydes is 1. The molecule has 17 heavy (non-hydrogen) atoms.